The van der Waals surface area contributed by atoms with Crippen LogP contribution in [0.25, 0.3) is 0 Å². The summed E-state index contributed by atoms with van der Waals surface area (Å²) in [4.78, 5) is 12.4. The second-order valence-electron chi connectivity index (χ2n) is 7.26. The van der Waals surface area contributed by atoms with Gasteiger partial charge < -0.3 is 0 Å². The van der Waals surface area contributed by atoms with E-state index < -0.39 is 0 Å². The largest absolute Gasteiger partial charge is 0.299 e. The molecule has 1 heterocycles. The Bertz CT molecular complexity index is 448. The highest BCUT2D eigenvalue weighted by molar-refractivity contribution is 5.83. The minimum Gasteiger partial charge on any atom is -0.299 e. The summed E-state index contributed by atoms with van der Waals surface area (Å²) in [6, 6.07) is 0. The lowest BCUT2D eigenvalue weighted by atomic mass is 9.69. The minimum absolute atomic E-state index is 0.276. The van der Waals surface area contributed by atoms with Crippen LogP contribution in [-0.4, -0.2) is 15.6 Å². The van der Waals surface area contributed by atoms with Crippen LogP contribution < -0.4 is 0 Å². The zero-order valence-electron chi connectivity index (χ0n) is 13.4. The van der Waals surface area contributed by atoms with E-state index in [-0.39, 0.29) is 5.92 Å². The third-order valence-corrected chi connectivity index (χ3v) is 4.80. The number of nitrogens with zero attached hydrogens (tertiary/aromatic N) is 2. The van der Waals surface area contributed by atoms with Crippen LogP contribution in [0.4, 0.5) is 0 Å². The number of Topliss-reactive ketones (excluding diaryl/α,β-unsaturated/α-hetero) is 1. The van der Waals surface area contributed by atoms with Gasteiger partial charge in [0.2, 0.25) is 0 Å². The number of aryl methyl sites for hydroxylation is 1. The maximum absolute atomic E-state index is 12.4. The van der Waals surface area contributed by atoms with Crippen molar-refractivity contribution in [2.45, 2.75) is 66.3 Å². The summed E-state index contributed by atoms with van der Waals surface area (Å²) in [5.74, 6) is 1.46. The van der Waals surface area contributed by atoms with Gasteiger partial charge in [-0.05, 0) is 49.5 Å². The molecule has 3 nitrogen and oxygen atoms in total. The number of hydrogen-bond donors (Lipinski definition) is 0. The monoisotopic (exact) mass is 276 g/mol. The molecule has 1 aliphatic rings. The summed E-state index contributed by atoms with van der Waals surface area (Å²) < 4.78 is 1.89. The third-order valence-electron chi connectivity index (χ3n) is 4.80. The molecule has 0 N–H and O–H groups in total. The van der Waals surface area contributed by atoms with Crippen LogP contribution in [0.1, 0.15) is 58.9 Å². The molecule has 1 saturated carbocycles. The first kappa shape index (κ1) is 15.3. The molecule has 0 aliphatic heterocycles. The van der Waals surface area contributed by atoms with Gasteiger partial charge >= 0.3 is 0 Å². The van der Waals surface area contributed by atoms with Crippen LogP contribution in [0.5, 0.6) is 0 Å². The van der Waals surface area contributed by atoms with Crippen molar-refractivity contribution in [1.82, 2.24) is 9.78 Å². The predicted octanol–water partition coefficient (Wildman–Crippen LogP) is 3.87. The van der Waals surface area contributed by atoms with Crippen molar-refractivity contribution < 1.29 is 4.79 Å². The van der Waals surface area contributed by atoms with Gasteiger partial charge in [-0.2, -0.15) is 5.10 Å². The van der Waals surface area contributed by atoms with E-state index in [2.05, 4.69) is 32.8 Å². The fraction of sp³-hybridized carbons (Fsp3) is 0.765. The molecule has 0 radical (unpaired) electrons. The van der Waals surface area contributed by atoms with Gasteiger partial charge in [-0.3, -0.25) is 9.48 Å². The predicted molar refractivity (Wildman–Crippen MR) is 81.5 cm³/mol. The van der Waals surface area contributed by atoms with Crippen LogP contribution in [0, 0.1) is 17.3 Å². The topological polar surface area (TPSA) is 34.9 Å². The molecule has 0 saturated heterocycles. The second kappa shape index (κ2) is 6.11. The van der Waals surface area contributed by atoms with Crippen LogP contribution >= 0.6 is 0 Å². The third kappa shape index (κ3) is 3.71. The van der Waals surface area contributed by atoms with E-state index in [1.165, 1.54) is 12.8 Å². The molecule has 1 fully saturated rings. The molecule has 1 aromatic heterocycles. The van der Waals surface area contributed by atoms with Crippen molar-refractivity contribution in [2.75, 3.05) is 0 Å². The Hall–Kier alpha value is -1.12. The summed E-state index contributed by atoms with van der Waals surface area (Å²) >= 11 is 0. The fourth-order valence-electron chi connectivity index (χ4n) is 3.30. The number of aromatic nitrogens is 2. The van der Waals surface area contributed by atoms with Crippen molar-refractivity contribution in [3.63, 3.8) is 0 Å². The summed E-state index contributed by atoms with van der Waals surface area (Å²) in [5.41, 5.74) is 1.45. The maximum Gasteiger partial charge on any atom is 0.140 e. The molecule has 0 aromatic carbocycles. The Morgan fingerprint density at radius 2 is 1.95 bits per heavy atom. The lowest BCUT2D eigenvalue weighted by molar-refractivity contribution is -0.123. The lowest BCUT2D eigenvalue weighted by Gasteiger charge is -2.36. The van der Waals surface area contributed by atoms with Gasteiger partial charge in [0.25, 0.3) is 0 Å². The molecule has 20 heavy (non-hydrogen) atoms. The van der Waals surface area contributed by atoms with E-state index in [0.717, 1.165) is 30.9 Å². The Kier molecular flexibility index (Phi) is 4.66. The highest BCUT2D eigenvalue weighted by Gasteiger charge is 2.32. The van der Waals surface area contributed by atoms with E-state index in [1.807, 2.05) is 17.1 Å². The second-order valence-corrected chi connectivity index (χ2v) is 7.26. The number of hydrogen-bond acceptors (Lipinski definition) is 2. The van der Waals surface area contributed by atoms with Gasteiger partial charge in [0.15, 0.2) is 0 Å². The number of rotatable bonds is 4. The van der Waals surface area contributed by atoms with Crippen molar-refractivity contribution >= 4 is 5.78 Å². The van der Waals surface area contributed by atoms with Crippen LogP contribution in [0.3, 0.4) is 0 Å². The molecule has 1 aromatic rings. The van der Waals surface area contributed by atoms with E-state index in [9.17, 15) is 4.79 Å². The Morgan fingerprint density at radius 1 is 1.30 bits per heavy atom. The zero-order chi connectivity index (χ0) is 14.8. The quantitative estimate of drug-likeness (QED) is 0.836. The Labute approximate surface area is 122 Å². The molecule has 0 spiro atoms. The van der Waals surface area contributed by atoms with Crippen LogP contribution in [0.2, 0.25) is 0 Å². The zero-order valence-corrected chi connectivity index (χ0v) is 13.4. The van der Waals surface area contributed by atoms with Gasteiger partial charge in [0.05, 0.1) is 6.20 Å². The van der Waals surface area contributed by atoms with Crippen LogP contribution in [0.15, 0.2) is 12.4 Å². The Morgan fingerprint density at radius 3 is 2.45 bits per heavy atom. The molecule has 2 rings (SSSR count). The van der Waals surface area contributed by atoms with E-state index in [4.69, 9.17) is 0 Å². The number of carbonyl (C=O) groups is 1. The minimum atomic E-state index is 0.276. The summed E-state index contributed by atoms with van der Waals surface area (Å²) in [6.45, 7) is 9.88. The van der Waals surface area contributed by atoms with E-state index in [1.54, 1.807) is 0 Å². The molecule has 112 valence electrons. The van der Waals surface area contributed by atoms with Gasteiger partial charge in [0, 0.05) is 25.1 Å². The average molecular weight is 276 g/mol. The highest BCUT2D eigenvalue weighted by Crippen LogP contribution is 2.40. The number of carbonyl (C=O) groups excluding carboxylic acids is 1. The first-order valence-corrected chi connectivity index (χ1v) is 7.94. The van der Waals surface area contributed by atoms with Gasteiger partial charge in [-0.25, -0.2) is 0 Å². The van der Waals surface area contributed by atoms with Crippen molar-refractivity contribution in [2.24, 2.45) is 17.3 Å². The molecular weight excluding hydrogens is 248 g/mol. The van der Waals surface area contributed by atoms with Crippen LogP contribution in [-0.2, 0) is 17.8 Å². The first-order valence-electron chi connectivity index (χ1n) is 7.94. The lowest BCUT2D eigenvalue weighted by Crippen LogP contribution is -2.29. The normalized spacial score (nSPS) is 23.8. The molecule has 0 bridgehead atoms. The number of ketones is 1. The van der Waals surface area contributed by atoms with Crippen molar-refractivity contribution in [3.05, 3.63) is 18.0 Å². The highest BCUT2D eigenvalue weighted by atomic mass is 16.1. The molecule has 0 amide bonds. The fourth-order valence-corrected chi connectivity index (χ4v) is 3.30. The molecule has 0 atom stereocenters. The standard InChI is InChI=1S/C17H28N2O/c1-5-19-12-13(11-18-19)10-16(20)14-6-8-15(9-7-14)17(2,3)4/h11-12,14-15H,5-10H2,1-4H3. The SMILES string of the molecule is CCn1cc(CC(=O)C2CCC(C(C)(C)C)CC2)cn1. The van der Waals surface area contributed by atoms with Crippen molar-refractivity contribution in [3.8, 4) is 0 Å². The summed E-state index contributed by atoms with van der Waals surface area (Å²) in [5, 5.41) is 4.24. The van der Waals surface area contributed by atoms with E-state index >= 15 is 0 Å². The molecule has 3 heteroatoms. The molecular formula is C17H28N2O. The van der Waals surface area contributed by atoms with Gasteiger partial charge in [-0.15, -0.1) is 0 Å². The molecule has 0 unspecified atom stereocenters. The van der Waals surface area contributed by atoms with E-state index in [0.29, 0.717) is 17.6 Å². The maximum atomic E-state index is 12.4. The summed E-state index contributed by atoms with van der Waals surface area (Å²) in [7, 11) is 0. The first-order chi connectivity index (χ1) is 9.40. The average Bonchev–Trinajstić information content (AvgIpc) is 2.85. The van der Waals surface area contributed by atoms with Gasteiger partial charge in [0.1, 0.15) is 5.78 Å². The van der Waals surface area contributed by atoms with Crippen molar-refractivity contribution in [1.29, 1.82) is 0 Å². The molecule has 1 aliphatic carbocycles. The van der Waals surface area contributed by atoms with Gasteiger partial charge in [-0.1, -0.05) is 20.8 Å². The Balaban J connectivity index is 1.86. The smallest absolute Gasteiger partial charge is 0.140 e. The summed E-state index contributed by atoms with van der Waals surface area (Å²) in [6.07, 6.45) is 8.94.